The number of hydrogen-bond acceptors (Lipinski definition) is 9. The number of ether oxygens (including phenoxy) is 2. The van der Waals surface area contributed by atoms with E-state index in [-0.39, 0.29) is 12.5 Å². The first kappa shape index (κ1) is 27.4. The van der Waals surface area contributed by atoms with Crippen molar-refractivity contribution in [2.75, 3.05) is 45.8 Å². The lowest BCUT2D eigenvalue weighted by molar-refractivity contribution is -0.154. The van der Waals surface area contributed by atoms with Gasteiger partial charge in [-0.15, -0.1) is 5.10 Å². The minimum atomic E-state index is -0.880. The third-order valence-electron chi connectivity index (χ3n) is 5.99. The van der Waals surface area contributed by atoms with Crippen LogP contribution in [0.4, 0.5) is 15.0 Å². The highest BCUT2D eigenvalue weighted by Gasteiger charge is 2.37. The largest absolute Gasteiger partial charge is 0.472 e. The minimum absolute atomic E-state index is 0.0321. The number of carbonyl (C=O) groups excluding carboxylic acids is 1. The highest BCUT2D eigenvalue weighted by Crippen LogP contribution is 2.31. The zero-order valence-electron chi connectivity index (χ0n) is 21.4. The van der Waals surface area contributed by atoms with Crippen molar-refractivity contribution in [3.05, 3.63) is 65.7 Å². The lowest BCUT2D eigenvalue weighted by Gasteiger charge is -2.19. The van der Waals surface area contributed by atoms with Crippen LogP contribution in [0.5, 0.6) is 5.88 Å². The van der Waals surface area contributed by atoms with Crippen molar-refractivity contribution in [3.8, 4) is 11.6 Å². The molecule has 0 bridgehead atoms. The van der Waals surface area contributed by atoms with Crippen molar-refractivity contribution < 1.29 is 28.6 Å². The van der Waals surface area contributed by atoms with Crippen LogP contribution in [0, 0.1) is 12.9 Å². The second-order valence-corrected chi connectivity index (χ2v) is 8.67. The quantitative estimate of drug-likeness (QED) is 0.216. The maximum atomic E-state index is 13.8. The molecule has 2 aromatic heterocycles. The number of urea groups is 1. The highest BCUT2D eigenvalue weighted by molar-refractivity contribution is 5.90. The summed E-state index contributed by atoms with van der Waals surface area (Å²) in [4.78, 5) is 22.9. The van der Waals surface area contributed by atoms with E-state index >= 15 is 0 Å². The maximum absolute atomic E-state index is 13.8. The number of nitrogens with zero attached hydrogens (tertiary/aromatic N) is 4. The summed E-state index contributed by atoms with van der Waals surface area (Å²) < 4.78 is 26.2. The number of amides is 2. The summed E-state index contributed by atoms with van der Waals surface area (Å²) in [6.45, 7) is 2.99. The number of anilines is 1. The third kappa shape index (κ3) is 6.62. The van der Waals surface area contributed by atoms with Gasteiger partial charge in [0.05, 0.1) is 23.9 Å². The van der Waals surface area contributed by atoms with Gasteiger partial charge in [0.1, 0.15) is 24.8 Å². The van der Waals surface area contributed by atoms with Crippen LogP contribution < -0.4 is 20.7 Å². The fourth-order valence-corrected chi connectivity index (χ4v) is 4.01. The zero-order valence-corrected chi connectivity index (χ0v) is 21.4. The van der Waals surface area contributed by atoms with Crippen molar-refractivity contribution in [2.45, 2.75) is 25.3 Å². The van der Waals surface area contributed by atoms with E-state index in [4.69, 9.17) is 14.3 Å². The maximum Gasteiger partial charge on any atom is 0.320 e. The van der Waals surface area contributed by atoms with Gasteiger partial charge in [-0.25, -0.2) is 14.5 Å². The number of nitrogens with one attached hydrogen (secondary N) is 3. The summed E-state index contributed by atoms with van der Waals surface area (Å²) in [6.07, 6.45) is -0.149. The summed E-state index contributed by atoms with van der Waals surface area (Å²) in [5.74, 6) is 0.0192. The van der Waals surface area contributed by atoms with Gasteiger partial charge in [-0.3, -0.25) is 15.5 Å². The van der Waals surface area contributed by atoms with E-state index in [9.17, 15) is 14.3 Å². The van der Waals surface area contributed by atoms with Gasteiger partial charge >= 0.3 is 6.03 Å². The predicted molar refractivity (Wildman–Crippen MR) is 136 cm³/mol. The van der Waals surface area contributed by atoms with Crippen molar-refractivity contribution >= 4 is 11.8 Å². The molecule has 1 unspecified atom stereocenters. The van der Waals surface area contributed by atoms with Crippen molar-refractivity contribution in [3.63, 3.8) is 0 Å². The first-order chi connectivity index (χ1) is 18.4. The SMILES string of the molecule is CNC(O)COc1nn(-c2ccccc2)c(NC(=O)N[C@@H]2CN(CCOC)O[C@H]2c2ccnc(F)c2)c1C. The van der Waals surface area contributed by atoms with E-state index in [0.29, 0.717) is 42.3 Å². The Bertz CT molecular complexity index is 1210. The molecule has 204 valence electrons. The Morgan fingerprint density at radius 3 is 2.82 bits per heavy atom. The summed E-state index contributed by atoms with van der Waals surface area (Å²) in [7, 11) is 3.20. The van der Waals surface area contributed by atoms with Gasteiger partial charge in [-0.05, 0) is 43.8 Å². The molecule has 1 aliphatic heterocycles. The van der Waals surface area contributed by atoms with Crippen LogP contribution in [0.15, 0.2) is 48.7 Å². The fraction of sp³-hybridized carbons (Fsp3) is 0.400. The molecule has 1 fully saturated rings. The molecule has 0 aliphatic carbocycles. The Hall–Kier alpha value is -3.62. The third-order valence-corrected chi connectivity index (χ3v) is 5.99. The van der Waals surface area contributed by atoms with E-state index < -0.39 is 30.4 Å². The number of hydroxylamine groups is 2. The lowest BCUT2D eigenvalue weighted by Crippen LogP contribution is -2.42. The van der Waals surface area contributed by atoms with Crippen molar-refractivity contribution in [1.82, 2.24) is 30.5 Å². The van der Waals surface area contributed by atoms with Crippen LogP contribution in [0.1, 0.15) is 17.2 Å². The molecular weight excluding hydrogens is 497 g/mol. The summed E-state index contributed by atoms with van der Waals surface area (Å²) in [5, 5.41) is 24.5. The number of aliphatic hydroxyl groups is 1. The molecule has 3 aromatic rings. The smallest absolute Gasteiger partial charge is 0.320 e. The Morgan fingerprint density at radius 2 is 2.11 bits per heavy atom. The molecule has 3 heterocycles. The number of pyridine rings is 1. The van der Waals surface area contributed by atoms with E-state index in [1.807, 2.05) is 30.3 Å². The van der Waals surface area contributed by atoms with Crippen LogP contribution in [0.25, 0.3) is 5.69 Å². The van der Waals surface area contributed by atoms with Gasteiger partial charge in [0, 0.05) is 26.4 Å². The zero-order chi connectivity index (χ0) is 27.1. The fourth-order valence-electron chi connectivity index (χ4n) is 4.01. The Balaban J connectivity index is 1.55. The molecule has 3 atom stereocenters. The Labute approximate surface area is 219 Å². The molecule has 0 radical (unpaired) electrons. The topological polar surface area (TPSA) is 135 Å². The van der Waals surface area contributed by atoms with Crippen LogP contribution >= 0.6 is 0 Å². The van der Waals surface area contributed by atoms with Gasteiger partial charge in [0.25, 0.3) is 0 Å². The Morgan fingerprint density at radius 1 is 1.32 bits per heavy atom. The van der Waals surface area contributed by atoms with Gasteiger partial charge in [0.15, 0.2) is 0 Å². The first-order valence-electron chi connectivity index (χ1n) is 12.1. The Kier molecular flexibility index (Phi) is 9.20. The second-order valence-electron chi connectivity index (χ2n) is 8.67. The summed E-state index contributed by atoms with van der Waals surface area (Å²) >= 11 is 0. The van der Waals surface area contributed by atoms with Crippen molar-refractivity contribution in [1.29, 1.82) is 0 Å². The van der Waals surface area contributed by atoms with E-state index in [1.54, 1.807) is 36.9 Å². The number of methoxy groups -OCH3 is 1. The summed E-state index contributed by atoms with van der Waals surface area (Å²) in [5.41, 5.74) is 1.83. The summed E-state index contributed by atoms with van der Waals surface area (Å²) in [6, 6.07) is 11.2. The number of halogens is 1. The normalized spacial score (nSPS) is 18.3. The molecule has 12 nitrogen and oxygen atoms in total. The minimum Gasteiger partial charge on any atom is -0.472 e. The van der Waals surface area contributed by atoms with Gasteiger partial charge in [-0.1, -0.05) is 18.2 Å². The predicted octanol–water partition coefficient (Wildman–Crippen LogP) is 1.76. The standard InChI is InChI=1S/C25H32FN7O5/c1-16-23(33(18-7-5-4-6-8-18)31-24(16)37-15-21(34)27-2)30-25(35)29-19-14-32(11-12-36-3)38-22(19)17-9-10-28-20(26)13-17/h4-10,13,19,21-22,27,34H,11-12,14-15H2,1-3H3,(H2,29,30,35)/t19-,21?,22+/m1/s1. The monoisotopic (exact) mass is 529 g/mol. The number of benzene rings is 1. The molecular formula is C25H32FN7O5. The molecule has 1 aromatic carbocycles. The van der Waals surface area contributed by atoms with Crippen LogP contribution in [0.3, 0.4) is 0 Å². The molecule has 0 spiro atoms. The number of para-hydroxylation sites is 1. The second kappa shape index (κ2) is 12.8. The van der Waals surface area contributed by atoms with Gasteiger partial charge in [-0.2, -0.15) is 9.45 Å². The number of hydrogen-bond donors (Lipinski definition) is 4. The van der Waals surface area contributed by atoms with E-state index in [2.05, 4.69) is 26.0 Å². The lowest BCUT2D eigenvalue weighted by atomic mass is 10.0. The molecule has 0 saturated carbocycles. The van der Waals surface area contributed by atoms with Gasteiger partial charge < -0.3 is 19.9 Å². The number of aromatic nitrogens is 3. The van der Waals surface area contributed by atoms with Gasteiger partial charge in [0.2, 0.25) is 11.8 Å². The molecule has 1 saturated heterocycles. The molecule has 4 N–H and O–H groups in total. The number of carbonyl (C=O) groups is 1. The number of likely N-dealkylation sites (N-methyl/N-ethyl adjacent to an activating group) is 1. The van der Waals surface area contributed by atoms with Crippen LogP contribution in [0.2, 0.25) is 0 Å². The molecule has 13 heteroatoms. The van der Waals surface area contributed by atoms with E-state index in [1.165, 1.54) is 12.3 Å². The molecule has 1 aliphatic rings. The van der Waals surface area contributed by atoms with Crippen LogP contribution in [-0.4, -0.2) is 83.7 Å². The van der Waals surface area contributed by atoms with E-state index in [0.717, 1.165) is 0 Å². The van der Waals surface area contributed by atoms with Crippen molar-refractivity contribution in [2.24, 2.45) is 0 Å². The number of aliphatic hydroxyl groups excluding tert-OH is 1. The first-order valence-corrected chi connectivity index (χ1v) is 12.1. The highest BCUT2D eigenvalue weighted by atomic mass is 19.1. The average molecular weight is 530 g/mol. The number of rotatable bonds is 11. The molecule has 2 amide bonds. The molecule has 38 heavy (non-hydrogen) atoms. The van der Waals surface area contributed by atoms with Crippen LogP contribution in [-0.2, 0) is 9.57 Å². The molecule has 4 rings (SSSR count). The average Bonchev–Trinajstić information content (AvgIpc) is 3.46.